The molecule has 2 aromatic carbocycles. The summed E-state index contributed by atoms with van der Waals surface area (Å²) in [6.07, 6.45) is 2.40. The van der Waals surface area contributed by atoms with Crippen LogP contribution in [0.3, 0.4) is 0 Å². The first-order valence-corrected chi connectivity index (χ1v) is 11.9. The van der Waals surface area contributed by atoms with Crippen LogP contribution in [0, 0.1) is 0 Å². The summed E-state index contributed by atoms with van der Waals surface area (Å²) in [6.45, 7) is 0.180. The van der Waals surface area contributed by atoms with Gasteiger partial charge in [-0.1, -0.05) is 68.5 Å². The molecule has 1 unspecified atom stereocenters. The first kappa shape index (κ1) is 25.9. The summed E-state index contributed by atoms with van der Waals surface area (Å²) < 4.78 is 21.4. The Balaban J connectivity index is 1.87. The van der Waals surface area contributed by atoms with Crippen LogP contribution in [0.25, 0.3) is 0 Å². The highest BCUT2D eigenvalue weighted by Crippen LogP contribution is 2.17. The quantitative estimate of drug-likeness (QED) is 0.470. The smallest absolute Gasteiger partial charge is 0.352 e. The molecular formula is C27H30O8. The fourth-order valence-corrected chi connectivity index (χ4v) is 3.58. The van der Waals surface area contributed by atoms with E-state index in [-0.39, 0.29) is 24.3 Å². The second-order valence-electron chi connectivity index (χ2n) is 8.19. The fraction of sp³-hybridized carbons (Fsp3) is 0.407. The molecule has 1 aliphatic rings. The lowest BCUT2D eigenvalue weighted by Crippen LogP contribution is -2.47. The van der Waals surface area contributed by atoms with Gasteiger partial charge in [-0.2, -0.15) is 0 Å². The fourth-order valence-electron chi connectivity index (χ4n) is 3.58. The number of hydrogen-bond acceptors (Lipinski definition) is 8. The molecule has 35 heavy (non-hydrogen) atoms. The third-order valence-corrected chi connectivity index (χ3v) is 5.50. The number of ether oxygens (including phenoxy) is 4. The molecule has 3 rings (SSSR count). The van der Waals surface area contributed by atoms with Gasteiger partial charge in [0.1, 0.15) is 0 Å². The van der Waals surface area contributed by atoms with Crippen LogP contribution in [0.2, 0.25) is 0 Å². The van der Waals surface area contributed by atoms with Crippen molar-refractivity contribution in [3.05, 3.63) is 71.8 Å². The molecule has 8 nitrogen and oxygen atoms in total. The van der Waals surface area contributed by atoms with Crippen LogP contribution in [0.1, 0.15) is 65.7 Å². The Kier molecular flexibility index (Phi) is 10.3. The van der Waals surface area contributed by atoms with Crippen LogP contribution >= 0.6 is 0 Å². The van der Waals surface area contributed by atoms with Gasteiger partial charge >= 0.3 is 23.9 Å². The van der Waals surface area contributed by atoms with E-state index in [9.17, 15) is 19.2 Å². The minimum absolute atomic E-state index is 0.0899. The summed E-state index contributed by atoms with van der Waals surface area (Å²) in [5.41, 5.74) is 0.329. The molecule has 0 N–H and O–H groups in total. The Morgan fingerprint density at radius 2 is 0.914 bits per heavy atom. The van der Waals surface area contributed by atoms with E-state index in [1.54, 1.807) is 36.4 Å². The van der Waals surface area contributed by atoms with Crippen LogP contribution in [0.5, 0.6) is 0 Å². The second kappa shape index (κ2) is 13.9. The van der Waals surface area contributed by atoms with Crippen molar-refractivity contribution in [1.82, 2.24) is 0 Å². The zero-order chi connectivity index (χ0) is 24.9. The molecule has 186 valence electrons. The number of rotatable bonds is 4. The van der Waals surface area contributed by atoms with E-state index in [0.29, 0.717) is 12.8 Å². The van der Waals surface area contributed by atoms with E-state index < -0.39 is 36.1 Å². The number of benzene rings is 2. The number of carbonyl (C=O) groups excluding carboxylic acids is 4. The molecule has 1 heterocycles. The second-order valence-corrected chi connectivity index (χ2v) is 8.19. The maximum Gasteiger partial charge on any atom is 0.352 e. The summed E-state index contributed by atoms with van der Waals surface area (Å²) in [7, 11) is 0. The highest BCUT2D eigenvalue weighted by molar-refractivity contribution is 5.96. The molecule has 0 radical (unpaired) electrons. The molecule has 1 aliphatic heterocycles. The average Bonchev–Trinajstić information content (AvgIpc) is 2.89. The van der Waals surface area contributed by atoms with E-state index in [1.807, 2.05) is 0 Å². The molecule has 1 saturated heterocycles. The molecule has 1 fully saturated rings. The van der Waals surface area contributed by atoms with Gasteiger partial charge in [-0.3, -0.25) is 0 Å². The molecule has 0 spiro atoms. The largest absolute Gasteiger partial charge is 0.463 e. The number of carbonyl (C=O) groups is 4. The van der Waals surface area contributed by atoms with Gasteiger partial charge in [0.15, 0.2) is 0 Å². The summed E-state index contributed by atoms with van der Waals surface area (Å²) >= 11 is 0. The molecule has 0 bridgehead atoms. The third-order valence-electron chi connectivity index (χ3n) is 5.50. The Bertz CT molecular complexity index is 894. The topological polar surface area (TPSA) is 105 Å². The summed E-state index contributed by atoms with van der Waals surface area (Å²) in [4.78, 5) is 51.5. The minimum Gasteiger partial charge on any atom is -0.463 e. The molecule has 8 heteroatoms. The van der Waals surface area contributed by atoms with E-state index in [4.69, 9.17) is 18.9 Å². The van der Waals surface area contributed by atoms with Gasteiger partial charge in [0, 0.05) is 0 Å². The Hall–Kier alpha value is -3.68. The Morgan fingerprint density at radius 1 is 0.571 bits per heavy atom. The predicted molar refractivity (Wildman–Crippen MR) is 126 cm³/mol. The first-order valence-electron chi connectivity index (χ1n) is 11.9. The van der Waals surface area contributed by atoms with Crippen molar-refractivity contribution < 1.29 is 38.1 Å². The zero-order valence-corrected chi connectivity index (χ0v) is 19.6. The molecule has 0 saturated carbocycles. The van der Waals surface area contributed by atoms with E-state index in [2.05, 4.69) is 0 Å². The van der Waals surface area contributed by atoms with Gasteiger partial charge in [-0.05, 0) is 37.1 Å². The molecule has 2 aromatic rings. The van der Waals surface area contributed by atoms with Gasteiger partial charge in [0.2, 0.25) is 12.2 Å². The van der Waals surface area contributed by atoms with Crippen molar-refractivity contribution >= 4 is 23.9 Å². The highest BCUT2D eigenvalue weighted by atomic mass is 16.6. The Morgan fingerprint density at radius 3 is 1.29 bits per heavy atom. The lowest BCUT2D eigenvalue weighted by atomic mass is 10.1. The van der Waals surface area contributed by atoms with Crippen LogP contribution in [0.4, 0.5) is 0 Å². The van der Waals surface area contributed by atoms with Gasteiger partial charge < -0.3 is 18.9 Å². The van der Waals surface area contributed by atoms with Crippen LogP contribution in [-0.4, -0.2) is 49.3 Å². The van der Waals surface area contributed by atoms with Crippen LogP contribution in [-0.2, 0) is 28.5 Å². The zero-order valence-electron chi connectivity index (χ0n) is 19.6. The maximum atomic E-state index is 13.0. The Labute approximate surface area is 204 Å². The monoisotopic (exact) mass is 482 g/mol. The normalized spacial score (nSPS) is 20.3. The van der Waals surface area contributed by atoms with E-state index in [0.717, 1.165) is 32.1 Å². The van der Waals surface area contributed by atoms with Crippen molar-refractivity contribution in [3.63, 3.8) is 0 Å². The standard InChI is InChI=1S/C27H30O8/c28-24(20-14-8-6-9-15-20)34-22-23(35-25(29)21-16-10-7-11-17-21)27(31)33-19-13-5-3-1-2-4-12-18-32-26(22)30/h6-11,14-17,22-23H,1-5,12-13,18-19H2/t22-,23?/m1/s1. The van der Waals surface area contributed by atoms with E-state index >= 15 is 0 Å². The highest BCUT2D eigenvalue weighted by Gasteiger charge is 2.43. The van der Waals surface area contributed by atoms with Gasteiger partial charge in [0.05, 0.1) is 24.3 Å². The number of cyclic esters (lactones) is 2. The van der Waals surface area contributed by atoms with Gasteiger partial charge in [0.25, 0.3) is 0 Å². The maximum absolute atomic E-state index is 13.0. The van der Waals surface area contributed by atoms with Crippen molar-refractivity contribution in [1.29, 1.82) is 0 Å². The lowest BCUT2D eigenvalue weighted by molar-refractivity contribution is -0.174. The summed E-state index contributed by atoms with van der Waals surface area (Å²) in [6, 6.07) is 16.0. The number of hydrogen-bond donors (Lipinski definition) is 0. The SMILES string of the molecule is O=C(OC1C(=O)OCCCCCCCCCOC(=O)[C@@H]1OC(=O)c1ccccc1)c1ccccc1. The minimum atomic E-state index is -1.83. The third kappa shape index (κ3) is 8.24. The molecular weight excluding hydrogens is 452 g/mol. The molecule has 2 atom stereocenters. The predicted octanol–water partition coefficient (Wildman–Crippen LogP) is 4.27. The summed E-state index contributed by atoms with van der Waals surface area (Å²) in [5, 5.41) is 0. The van der Waals surface area contributed by atoms with Crippen molar-refractivity contribution in [2.75, 3.05) is 13.2 Å². The molecule has 0 amide bonds. The summed E-state index contributed by atoms with van der Waals surface area (Å²) in [5.74, 6) is -3.68. The van der Waals surface area contributed by atoms with Crippen molar-refractivity contribution in [2.45, 2.75) is 57.2 Å². The van der Waals surface area contributed by atoms with Gasteiger partial charge in [-0.15, -0.1) is 0 Å². The molecule has 0 aromatic heterocycles. The van der Waals surface area contributed by atoms with Crippen molar-refractivity contribution in [2.24, 2.45) is 0 Å². The van der Waals surface area contributed by atoms with Gasteiger partial charge in [-0.25, -0.2) is 19.2 Å². The molecule has 0 aliphatic carbocycles. The van der Waals surface area contributed by atoms with Crippen LogP contribution in [0.15, 0.2) is 60.7 Å². The van der Waals surface area contributed by atoms with E-state index in [1.165, 1.54) is 24.3 Å². The van der Waals surface area contributed by atoms with Crippen LogP contribution < -0.4 is 0 Å². The average molecular weight is 483 g/mol. The number of esters is 4. The lowest BCUT2D eigenvalue weighted by Gasteiger charge is -2.24. The first-order chi connectivity index (χ1) is 17.1. The van der Waals surface area contributed by atoms with Crippen molar-refractivity contribution in [3.8, 4) is 0 Å².